The Labute approximate surface area is 224 Å². The van der Waals surface area contributed by atoms with Crippen molar-refractivity contribution in [2.75, 3.05) is 13.1 Å². The van der Waals surface area contributed by atoms with E-state index in [1.54, 1.807) is 4.90 Å². The van der Waals surface area contributed by atoms with Gasteiger partial charge in [-0.15, -0.1) is 5.06 Å². The van der Waals surface area contributed by atoms with Crippen molar-refractivity contribution in [2.24, 2.45) is 0 Å². The van der Waals surface area contributed by atoms with Gasteiger partial charge in [0.2, 0.25) is 15.9 Å². The molecule has 1 aromatic carbocycles. The molecule has 0 bridgehead atoms. The van der Waals surface area contributed by atoms with E-state index in [0.717, 1.165) is 16.7 Å². The zero-order valence-electron chi connectivity index (χ0n) is 22.9. The molecule has 2 atom stereocenters. The topological polar surface area (TPSA) is 121 Å². The number of hydroxylamine groups is 2. The zero-order chi connectivity index (χ0) is 28.1. The van der Waals surface area contributed by atoms with Gasteiger partial charge in [-0.2, -0.15) is 4.31 Å². The second kappa shape index (κ2) is 10.4. The van der Waals surface area contributed by atoms with E-state index in [1.807, 2.05) is 39.8 Å². The molecule has 10 nitrogen and oxygen atoms in total. The van der Waals surface area contributed by atoms with E-state index >= 15 is 0 Å². The third kappa shape index (κ3) is 5.22. The molecule has 38 heavy (non-hydrogen) atoms. The van der Waals surface area contributed by atoms with E-state index in [9.17, 15) is 27.6 Å². The summed E-state index contributed by atoms with van der Waals surface area (Å²) in [5.41, 5.74) is 2.77. The molecule has 3 aliphatic rings. The van der Waals surface area contributed by atoms with Gasteiger partial charge in [0.1, 0.15) is 0 Å². The first-order valence-electron chi connectivity index (χ1n) is 13.3. The van der Waals surface area contributed by atoms with Gasteiger partial charge in [-0.05, 0) is 34.4 Å². The Kier molecular flexibility index (Phi) is 7.73. The number of hydrogen-bond acceptors (Lipinski definition) is 7. The Morgan fingerprint density at radius 3 is 1.82 bits per heavy atom. The SMILES string of the molecule is CC(C)c1cc(C(C)C)c(S(=O)(=O)N2C3CN(C(=O)CCC(=O)ON4C(=O)CCC4=O)CC32)c(C(C)C)c1. The number of nitrogens with zero attached hydrogens (tertiary/aromatic N) is 3. The first-order chi connectivity index (χ1) is 17.7. The maximum atomic E-state index is 14.0. The van der Waals surface area contributed by atoms with Gasteiger partial charge in [0.25, 0.3) is 11.8 Å². The first kappa shape index (κ1) is 28.2. The Morgan fingerprint density at radius 1 is 0.868 bits per heavy atom. The predicted octanol–water partition coefficient (Wildman–Crippen LogP) is 3.03. The summed E-state index contributed by atoms with van der Waals surface area (Å²) in [5.74, 6) is -1.94. The largest absolute Gasteiger partial charge is 0.339 e. The number of piperazine rings is 1. The molecular weight excluding hydrogens is 510 g/mol. The standard InChI is InChI=1S/C27H37N3O7S/c1-15(2)18-11-19(16(3)4)27(20(12-18)17(5)6)38(35,36)30-21-13-28(14-22(21)30)23(31)9-10-26(34)37-29-24(32)7-8-25(29)33/h11-12,15-17,21-22H,7-10,13-14H2,1-6H3. The fraction of sp³-hybridized carbons (Fsp3) is 0.630. The third-order valence-electron chi connectivity index (χ3n) is 7.53. The van der Waals surface area contributed by atoms with Crippen LogP contribution in [0.1, 0.15) is 102 Å². The van der Waals surface area contributed by atoms with Crippen LogP contribution in [-0.2, 0) is 34.0 Å². The highest BCUT2D eigenvalue weighted by molar-refractivity contribution is 7.89. The average molecular weight is 548 g/mol. The number of hydrogen-bond donors (Lipinski definition) is 0. The van der Waals surface area contributed by atoms with Crippen molar-refractivity contribution >= 4 is 33.7 Å². The summed E-state index contributed by atoms with van der Waals surface area (Å²) in [4.78, 5) is 54.7. The van der Waals surface area contributed by atoms with Crippen LogP contribution in [0.15, 0.2) is 17.0 Å². The number of likely N-dealkylation sites (tertiary alicyclic amines) is 1. The molecule has 11 heteroatoms. The highest BCUT2D eigenvalue weighted by Gasteiger charge is 2.61. The summed E-state index contributed by atoms with van der Waals surface area (Å²) < 4.78 is 29.4. The first-order valence-corrected chi connectivity index (χ1v) is 14.7. The minimum atomic E-state index is -3.77. The molecule has 3 heterocycles. The molecule has 4 rings (SSSR count). The van der Waals surface area contributed by atoms with Gasteiger partial charge in [0, 0.05) is 32.4 Å². The summed E-state index contributed by atoms with van der Waals surface area (Å²) in [5, 5.41) is 0.463. The number of benzene rings is 1. The summed E-state index contributed by atoms with van der Waals surface area (Å²) >= 11 is 0. The second-order valence-corrected chi connectivity index (χ2v) is 13.1. The molecule has 0 N–H and O–H groups in total. The summed E-state index contributed by atoms with van der Waals surface area (Å²) in [6.07, 6.45) is -0.422. The van der Waals surface area contributed by atoms with Crippen LogP contribution in [0.5, 0.6) is 0 Å². The summed E-state index contributed by atoms with van der Waals surface area (Å²) in [7, 11) is -3.77. The molecule has 0 radical (unpaired) electrons. The van der Waals surface area contributed by atoms with Crippen LogP contribution >= 0.6 is 0 Å². The van der Waals surface area contributed by atoms with Crippen LogP contribution in [0, 0.1) is 0 Å². The molecule has 3 fully saturated rings. The van der Waals surface area contributed by atoms with Gasteiger partial charge in [0.05, 0.1) is 23.4 Å². The Hall–Kier alpha value is -2.79. The van der Waals surface area contributed by atoms with Gasteiger partial charge in [-0.1, -0.05) is 53.7 Å². The number of fused-ring (bicyclic) bond motifs is 1. The average Bonchev–Trinajstić information content (AvgIpc) is 3.21. The zero-order valence-corrected chi connectivity index (χ0v) is 23.7. The molecular formula is C27H37N3O7S. The van der Waals surface area contributed by atoms with Crippen molar-refractivity contribution in [3.05, 3.63) is 28.8 Å². The van der Waals surface area contributed by atoms with Gasteiger partial charge in [-0.25, -0.2) is 13.2 Å². The second-order valence-electron chi connectivity index (χ2n) is 11.3. The third-order valence-corrected chi connectivity index (χ3v) is 9.62. The van der Waals surface area contributed by atoms with Crippen LogP contribution in [0.3, 0.4) is 0 Å². The number of amides is 3. The highest BCUT2D eigenvalue weighted by atomic mass is 32.2. The van der Waals surface area contributed by atoms with Crippen LogP contribution in [0.2, 0.25) is 0 Å². The van der Waals surface area contributed by atoms with Crippen LogP contribution in [0.4, 0.5) is 0 Å². The van der Waals surface area contributed by atoms with E-state index in [0.29, 0.717) is 9.96 Å². The minimum Gasteiger partial charge on any atom is -0.339 e. The van der Waals surface area contributed by atoms with Gasteiger partial charge < -0.3 is 9.74 Å². The molecule has 3 saturated heterocycles. The molecule has 1 aromatic rings. The predicted molar refractivity (Wildman–Crippen MR) is 138 cm³/mol. The van der Waals surface area contributed by atoms with Gasteiger partial charge in [0.15, 0.2) is 0 Å². The lowest BCUT2D eigenvalue weighted by atomic mass is 9.89. The fourth-order valence-electron chi connectivity index (χ4n) is 5.27. The van der Waals surface area contributed by atoms with E-state index in [1.165, 1.54) is 4.31 Å². The van der Waals surface area contributed by atoms with E-state index in [2.05, 4.69) is 13.8 Å². The maximum Gasteiger partial charge on any atom is 0.333 e. The number of sulfonamides is 1. The van der Waals surface area contributed by atoms with E-state index in [4.69, 9.17) is 4.84 Å². The molecule has 2 unspecified atom stereocenters. The number of carbonyl (C=O) groups is 4. The van der Waals surface area contributed by atoms with Crippen molar-refractivity contribution in [2.45, 2.75) is 102 Å². The molecule has 3 aliphatic heterocycles. The molecule has 0 aliphatic carbocycles. The van der Waals surface area contributed by atoms with E-state index in [-0.39, 0.29) is 74.5 Å². The Balaban J connectivity index is 1.42. The lowest BCUT2D eigenvalue weighted by molar-refractivity contribution is -0.197. The molecule has 0 saturated carbocycles. The fourth-order valence-corrected chi connectivity index (χ4v) is 7.73. The van der Waals surface area contributed by atoms with Crippen molar-refractivity contribution in [1.82, 2.24) is 14.3 Å². The monoisotopic (exact) mass is 547 g/mol. The molecule has 0 aromatic heterocycles. The van der Waals surface area contributed by atoms with Gasteiger partial charge in [-0.3, -0.25) is 14.4 Å². The van der Waals surface area contributed by atoms with E-state index < -0.39 is 27.8 Å². The lowest BCUT2D eigenvalue weighted by Crippen LogP contribution is -2.37. The lowest BCUT2D eigenvalue weighted by Gasteiger charge is -2.25. The minimum absolute atomic E-state index is 0.000199. The van der Waals surface area contributed by atoms with Crippen LogP contribution < -0.4 is 0 Å². The number of rotatable bonds is 9. The van der Waals surface area contributed by atoms with Crippen molar-refractivity contribution < 1.29 is 32.4 Å². The van der Waals surface area contributed by atoms with Crippen molar-refractivity contribution in [1.29, 1.82) is 0 Å². The molecule has 0 spiro atoms. The Bertz CT molecular complexity index is 1210. The number of imide groups is 1. The van der Waals surface area contributed by atoms with Gasteiger partial charge >= 0.3 is 5.97 Å². The maximum absolute atomic E-state index is 14.0. The number of carbonyl (C=O) groups excluding carboxylic acids is 4. The van der Waals surface area contributed by atoms with Crippen LogP contribution in [0.25, 0.3) is 0 Å². The summed E-state index contributed by atoms with van der Waals surface area (Å²) in [6.45, 7) is 12.8. The smallest absolute Gasteiger partial charge is 0.333 e. The van der Waals surface area contributed by atoms with Crippen molar-refractivity contribution in [3.8, 4) is 0 Å². The molecule has 3 amide bonds. The van der Waals surface area contributed by atoms with Crippen molar-refractivity contribution in [3.63, 3.8) is 0 Å². The normalized spacial score (nSPS) is 23.1. The molecule has 208 valence electrons. The van der Waals surface area contributed by atoms with Crippen LogP contribution in [-0.4, -0.2) is 71.6 Å². The Morgan fingerprint density at radius 2 is 1.37 bits per heavy atom. The quantitative estimate of drug-likeness (QED) is 0.344. The highest BCUT2D eigenvalue weighted by Crippen LogP contribution is 2.45. The summed E-state index contributed by atoms with van der Waals surface area (Å²) in [6, 6.07) is 3.46.